The van der Waals surface area contributed by atoms with Gasteiger partial charge in [-0.3, -0.25) is 4.79 Å². The first-order valence-corrected chi connectivity index (χ1v) is 7.21. The van der Waals surface area contributed by atoms with E-state index in [9.17, 15) is 14.3 Å². The molecule has 2 aromatic carbocycles. The van der Waals surface area contributed by atoms with Gasteiger partial charge in [0.15, 0.2) is 0 Å². The van der Waals surface area contributed by atoms with E-state index in [0.717, 1.165) is 24.0 Å². The standard InChI is InChI=1S/C18H14FNO2/c19-14-6-3-12-9-16(20-17(21)15(12)10-14)11-1-4-13(5-2-11)18(22)7-8-18/h1-6,9-10,22H,7-8H2,(H,20,21). The highest BCUT2D eigenvalue weighted by atomic mass is 19.1. The molecular formula is C18H14FNO2. The van der Waals surface area contributed by atoms with E-state index < -0.39 is 11.4 Å². The summed E-state index contributed by atoms with van der Waals surface area (Å²) in [6.45, 7) is 0. The predicted molar refractivity (Wildman–Crippen MR) is 83.1 cm³/mol. The third-order valence-corrected chi connectivity index (χ3v) is 4.26. The van der Waals surface area contributed by atoms with Crippen molar-refractivity contribution < 1.29 is 9.50 Å². The van der Waals surface area contributed by atoms with Crippen LogP contribution in [0, 0.1) is 5.82 Å². The van der Waals surface area contributed by atoms with Crippen molar-refractivity contribution in [3.63, 3.8) is 0 Å². The Morgan fingerprint density at radius 1 is 1.05 bits per heavy atom. The number of aliphatic hydroxyl groups is 1. The van der Waals surface area contributed by atoms with E-state index in [1.165, 1.54) is 12.1 Å². The van der Waals surface area contributed by atoms with Crippen LogP contribution in [0.25, 0.3) is 22.0 Å². The quantitative estimate of drug-likeness (QED) is 0.762. The molecule has 0 saturated heterocycles. The summed E-state index contributed by atoms with van der Waals surface area (Å²) in [6, 6.07) is 13.5. The van der Waals surface area contributed by atoms with Crippen LogP contribution in [-0.4, -0.2) is 10.1 Å². The maximum Gasteiger partial charge on any atom is 0.256 e. The van der Waals surface area contributed by atoms with Crippen LogP contribution in [0.15, 0.2) is 53.3 Å². The van der Waals surface area contributed by atoms with Crippen molar-refractivity contribution in [2.45, 2.75) is 18.4 Å². The molecule has 0 amide bonds. The molecule has 1 aliphatic rings. The number of pyridine rings is 1. The van der Waals surface area contributed by atoms with Crippen molar-refractivity contribution >= 4 is 10.8 Å². The number of hydrogen-bond donors (Lipinski definition) is 2. The molecule has 3 nitrogen and oxygen atoms in total. The monoisotopic (exact) mass is 295 g/mol. The zero-order valence-electron chi connectivity index (χ0n) is 11.8. The molecule has 0 atom stereocenters. The van der Waals surface area contributed by atoms with Crippen molar-refractivity contribution in [1.82, 2.24) is 4.98 Å². The summed E-state index contributed by atoms with van der Waals surface area (Å²) in [7, 11) is 0. The van der Waals surface area contributed by atoms with Gasteiger partial charge in [-0.15, -0.1) is 0 Å². The fraction of sp³-hybridized carbons (Fsp3) is 0.167. The summed E-state index contributed by atoms with van der Waals surface area (Å²) < 4.78 is 13.2. The normalized spacial score (nSPS) is 15.9. The van der Waals surface area contributed by atoms with Gasteiger partial charge >= 0.3 is 0 Å². The Morgan fingerprint density at radius 2 is 1.77 bits per heavy atom. The van der Waals surface area contributed by atoms with Gasteiger partial charge in [-0.05, 0) is 47.6 Å². The minimum absolute atomic E-state index is 0.308. The summed E-state index contributed by atoms with van der Waals surface area (Å²) in [6.07, 6.45) is 1.59. The van der Waals surface area contributed by atoms with E-state index in [1.54, 1.807) is 6.07 Å². The molecule has 1 aromatic heterocycles. The Bertz CT molecular complexity index is 924. The third-order valence-electron chi connectivity index (χ3n) is 4.26. The summed E-state index contributed by atoms with van der Waals surface area (Å²) in [5, 5.41) is 11.1. The summed E-state index contributed by atoms with van der Waals surface area (Å²) in [5.74, 6) is -0.423. The van der Waals surface area contributed by atoms with E-state index in [2.05, 4.69) is 4.98 Å². The number of rotatable bonds is 2. The molecular weight excluding hydrogens is 281 g/mol. The number of benzene rings is 2. The Hall–Kier alpha value is -2.46. The molecule has 1 aliphatic carbocycles. The van der Waals surface area contributed by atoms with Crippen LogP contribution in [0.1, 0.15) is 18.4 Å². The van der Waals surface area contributed by atoms with E-state index in [4.69, 9.17) is 0 Å². The average molecular weight is 295 g/mol. The van der Waals surface area contributed by atoms with E-state index in [-0.39, 0.29) is 5.56 Å². The van der Waals surface area contributed by atoms with Crippen LogP contribution < -0.4 is 5.56 Å². The molecule has 4 rings (SSSR count). The van der Waals surface area contributed by atoms with Crippen molar-refractivity contribution in [3.8, 4) is 11.3 Å². The number of halogens is 1. The molecule has 0 unspecified atom stereocenters. The van der Waals surface area contributed by atoms with Crippen molar-refractivity contribution in [1.29, 1.82) is 0 Å². The Kier molecular flexibility index (Phi) is 2.71. The lowest BCUT2D eigenvalue weighted by molar-refractivity contribution is 0.151. The van der Waals surface area contributed by atoms with Gasteiger partial charge in [0.2, 0.25) is 0 Å². The zero-order chi connectivity index (χ0) is 15.3. The molecule has 1 fully saturated rings. The maximum atomic E-state index is 13.2. The topological polar surface area (TPSA) is 53.1 Å². The van der Waals surface area contributed by atoms with Gasteiger partial charge in [0.25, 0.3) is 5.56 Å². The van der Waals surface area contributed by atoms with Crippen LogP contribution in [0.5, 0.6) is 0 Å². The summed E-state index contributed by atoms with van der Waals surface area (Å²) in [5.41, 5.74) is 1.47. The molecule has 1 heterocycles. The lowest BCUT2D eigenvalue weighted by atomic mass is 10.0. The molecule has 0 aliphatic heterocycles. The van der Waals surface area contributed by atoms with E-state index in [0.29, 0.717) is 16.5 Å². The molecule has 1 saturated carbocycles. The lowest BCUT2D eigenvalue weighted by Crippen LogP contribution is -2.08. The summed E-state index contributed by atoms with van der Waals surface area (Å²) >= 11 is 0. The number of fused-ring (bicyclic) bond motifs is 1. The van der Waals surface area contributed by atoms with Crippen LogP contribution in [0.2, 0.25) is 0 Å². The van der Waals surface area contributed by atoms with Crippen LogP contribution in [0.3, 0.4) is 0 Å². The number of aromatic amines is 1. The molecule has 110 valence electrons. The van der Waals surface area contributed by atoms with Gasteiger partial charge in [-0.25, -0.2) is 4.39 Å². The molecule has 2 N–H and O–H groups in total. The lowest BCUT2D eigenvalue weighted by Gasteiger charge is -2.09. The van der Waals surface area contributed by atoms with Crippen molar-refractivity contribution in [2.75, 3.05) is 0 Å². The molecule has 22 heavy (non-hydrogen) atoms. The number of nitrogens with one attached hydrogen (secondary N) is 1. The van der Waals surface area contributed by atoms with Gasteiger partial charge in [-0.1, -0.05) is 30.3 Å². The highest BCUT2D eigenvalue weighted by molar-refractivity contribution is 5.85. The number of aromatic nitrogens is 1. The average Bonchev–Trinajstić information content (AvgIpc) is 3.27. The Balaban J connectivity index is 1.80. The van der Waals surface area contributed by atoms with Crippen LogP contribution >= 0.6 is 0 Å². The molecule has 3 aromatic rings. The first-order chi connectivity index (χ1) is 10.5. The zero-order valence-corrected chi connectivity index (χ0v) is 11.8. The smallest absolute Gasteiger partial charge is 0.256 e. The minimum Gasteiger partial charge on any atom is -0.385 e. The number of H-pyrrole nitrogens is 1. The molecule has 0 radical (unpaired) electrons. The highest BCUT2D eigenvalue weighted by Gasteiger charge is 2.41. The first-order valence-electron chi connectivity index (χ1n) is 7.21. The van der Waals surface area contributed by atoms with Crippen LogP contribution in [0.4, 0.5) is 4.39 Å². The van der Waals surface area contributed by atoms with Crippen molar-refractivity contribution in [3.05, 3.63) is 70.3 Å². The molecule has 0 bridgehead atoms. The van der Waals surface area contributed by atoms with Gasteiger partial charge in [0.1, 0.15) is 5.82 Å². The molecule has 4 heteroatoms. The molecule has 0 spiro atoms. The fourth-order valence-corrected chi connectivity index (χ4v) is 2.75. The van der Waals surface area contributed by atoms with Gasteiger partial charge < -0.3 is 10.1 Å². The van der Waals surface area contributed by atoms with E-state index >= 15 is 0 Å². The minimum atomic E-state index is -0.660. The van der Waals surface area contributed by atoms with E-state index in [1.807, 2.05) is 30.3 Å². The highest BCUT2D eigenvalue weighted by Crippen LogP contribution is 2.45. The second kappa shape index (κ2) is 4.52. The predicted octanol–water partition coefficient (Wildman–Crippen LogP) is 3.32. The maximum absolute atomic E-state index is 13.2. The largest absolute Gasteiger partial charge is 0.385 e. The Labute approximate surface area is 126 Å². The summed E-state index contributed by atoms with van der Waals surface area (Å²) in [4.78, 5) is 14.9. The fourth-order valence-electron chi connectivity index (χ4n) is 2.75. The Morgan fingerprint density at radius 3 is 2.45 bits per heavy atom. The van der Waals surface area contributed by atoms with Gasteiger partial charge in [0.05, 0.1) is 5.60 Å². The van der Waals surface area contributed by atoms with Gasteiger partial charge in [-0.2, -0.15) is 0 Å². The third kappa shape index (κ3) is 2.12. The van der Waals surface area contributed by atoms with Crippen LogP contribution in [-0.2, 0) is 5.60 Å². The second-order valence-corrected chi connectivity index (χ2v) is 5.85. The second-order valence-electron chi connectivity index (χ2n) is 5.85. The number of hydrogen-bond acceptors (Lipinski definition) is 2. The van der Waals surface area contributed by atoms with Crippen molar-refractivity contribution in [2.24, 2.45) is 0 Å². The first kappa shape index (κ1) is 13.2. The van der Waals surface area contributed by atoms with Gasteiger partial charge in [0, 0.05) is 11.1 Å². The SMILES string of the molecule is O=c1[nH]c(-c2ccc(C3(O)CC3)cc2)cc2ccc(F)cc12.